The summed E-state index contributed by atoms with van der Waals surface area (Å²) in [4.78, 5) is 14.0. The third-order valence-electron chi connectivity index (χ3n) is 3.98. The number of rotatable bonds is 6. The monoisotopic (exact) mass is 409 g/mol. The highest BCUT2D eigenvalue weighted by atomic mass is 79.9. The van der Waals surface area contributed by atoms with Crippen LogP contribution in [-0.4, -0.2) is 27.6 Å². The number of aromatic nitrogens is 2. The second kappa shape index (κ2) is 8.63. The van der Waals surface area contributed by atoms with Gasteiger partial charge in [-0.25, -0.2) is 0 Å². The minimum Gasteiger partial charge on any atom is -0.338 e. The van der Waals surface area contributed by atoms with E-state index in [1.807, 2.05) is 65.6 Å². The van der Waals surface area contributed by atoms with Crippen LogP contribution >= 0.6 is 15.9 Å². The Morgan fingerprint density at radius 1 is 1.12 bits per heavy atom. The van der Waals surface area contributed by atoms with Crippen molar-refractivity contribution in [3.05, 3.63) is 94.2 Å². The maximum Gasteiger partial charge on any atom is 0.246 e. The van der Waals surface area contributed by atoms with Crippen molar-refractivity contribution in [2.24, 2.45) is 0 Å². The standard InChI is InChI=1S/C21H20BrN3O/c1-24(21(26)12-11-19-9-5-6-10-20(19)22)14-18-13-23-25(16-18)15-17-7-3-2-4-8-17/h2-13,16H,14-15H2,1H3/b12-11+. The smallest absolute Gasteiger partial charge is 0.246 e. The van der Waals surface area contributed by atoms with Crippen LogP contribution in [0.1, 0.15) is 16.7 Å². The number of nitrogens with zero attached hydrogens (tertiary/aromatic N) is 3. The summed E-state index contributed by atoms with van der Waals surface area (Å²) < 4.78 is 2.86. The van der Waals surface area contributed by atoms with Gasteiger partial charge in [0.15, 0.2) is 0 Å². The van der Waals surface area contributed by atoms with Crippen molar-refractivity contribution in [3.63, 3.8) is 0 Å². The molecule has 0 bridgehead atoms. The molecule has 0 atom stereocenters. The Morgan fingerprint density at radius 3 is 2.62 bits per heavy atom. The van der Waals surface area contributed by atoms with E-state index in [0.29, 0.717) is 6.54 Å². The molecule has 3 rings (SSSR count). The minimum atomic E-state index is -0.0448. The van der Waals surface area contributed by atoms with Crippen molar-refractivity contribution < 1.29 is 4.79 Å². The lowest BCUT2D eigenvalue weighted by molar-refractivity contribution is -0.125. The number of halogens is 1. The average Bonchev–Trinajstić information content (AvgIpc) is 3.08. The highest BCUT2D eigenvalue weighted by Crippen LogP contribution is 2.17. The molecule has 0 fully saturated rings. The summed E-state index contributed by atoms with van der Waals surface area (Å²) in [5, 5.41) is 4.38. The van der Waals surface area contributed by atoms with Gasteiger partial charge in [0, 0.05) is 35.9 Å². The number of likely N-dealkylation sites (N-methyl/N-ethyl adjacent to an activating group) is 1. The van der Waals surface area contributed by atoms with Gasteiger partial charge < -0.3 is 4.90 Å². The Hall–Kier alpha value is -2.66. The fourth-order valence-corrected chi connectivity index (χ4v) is 3.01. The Labute approximate surface area is 161 Å². The van der Waals surface area contributed by atoms with Crippen LogP contribution in [0.3, 0.4) is 0 Å². The van der Waals surface area contributed by atoms with E-state index in [4.69, 9.17) is 0 Å². The summed E-state index contributed by atoms with van der Waals surface area (Å²) in [6.45, 7) is 1.24. The fraction of sp³-hybridized carbons (Fsp3) is 0.143. The molecule has 1 heterocycles. The molecule has 5 heteroatoms. The first-order valence-electron chi connectivity index (χ1n) is 8.35. The summed E-state index contributed by atoms with van der Waals surface area (Å²) in [7, 11) is 1.79. The largest absolute Gasteiger partial charge is 0.338 e. The van der Waals surface area contributed by atoms with Gasteiger partial charge in [0.25, 0.3) is 0 Å². The van der Waals surface area contributed by atoms with Gasteiger partial charge in [-0.05, 0) is 23.3 Å². The molecule has 3 aromatic rings. The lowest BCUT2D eigenvalue weighted by Crippen LogP contribution is -2.23. The quantitative estimate of drug-likeness (QED) is 0.567. The second-order valence-electron chi connectivity index (χ2n) is 6.08. The Balaban J connectivity index is 1.58. The number of hydrogen-bond donors (Lipinski definition) is 0. The summed E-state index contributed by atoms with van der Waals surface area (Å²) in [5.41, 5.74) is 3.18. The van der Waals surface area contributed by atoms with Gasteiger partial charge >= 0.3 is 0 Å². The van der Waals surface area contributed by atoms with Gasteiger partial charge in [0.05, 0.1) is 12.7 Å². The molecule has 2 aromatic carbocycles. The lowest BCUT2D eigenvalue weighted by atomic mass is 10.2. The van der Waals surface area contributed by atoms with Gasteiger partial charge in [-0.2, -0.15) is 5.10 Å². The summed E-state index contributed by atoms with van der Waals surface area (Å²) in [6.07, 6.45) is 7.20. The third kappa shape index (κ3) is 4.92. The molecule has 0 aliphatic heterocycles. The van der Waals surface area contributed by atoms with Crippen LogP contribution in [0.2, 0.25) is 0 Å². The van der Waals surface area contributed by atoms with Crippen LogP contribution < -0.4 is 0 Å². The van der Waals surface area contributed by atoms with Crippen LogP contribution in [0, 0.1) is 0 Å². The first kappa shape index (κ1) is 18.1. The highest BCUT2D eigenvalue weighted by molar-refractivity contribution is 9.10. The molecule has 26 heavy (non-hydrogen) atoms. The minimum absolute atomic E-state index is 0.0448. The molecule has 0 aliphatic carbocycles. The first-order chi connectivity index (χ1) is 12.6. The van der Waals surface area contributed by atoms with E-state index >= 15 is 0 Å². The Kier molecular flexibility index (Phi) is 6.02. The van der Waals surface area contributed by atoms with Crippen molar-refractivity contribution in [2.75, 3.05) is 7.05 Å². The summed E-state index contributed by atoms with van der Waals surface area (Å²) in [6, 6.07) is 18.0. The van der Waals surface area contributed by atoms with E-state index in [9.17, 15) is 4.79 Å². The first-order valence-corrected chi connectivity index (χ1v) is 9.14. The van der Waals surface area contributed by atoms with Crippen LogP contribution in [0.25, 0.3) is 6.08 Å². The molecule has 132 valence electrons. The van der Waals surface area contributed by atoms with Crippen molar-refractivity contribution in [1.29, 1.82) is 0 Å². The molecular weight excluding hydrogens is 390 g/mol. The van der Waals surface area contributed by atoms with Crippen LogP contribution in [0.4, 0.5) is 0 Å². The van der Waals surface area contributed by atoms with E-state index in [-0.39, 0.29) is 5.91 Å². The fourth-order valence-electron chi connectivity index (χ4n) is 2.60. The van der Waals surface area contributed by atoms with Gasteiger partial charge in [0.2, 0.25) is 5.91 Å². The molecule has 0 saturated carbocycles. The van der Waals surface area contributed by atoms with Crippen molar-refractivity contribution in [2.45, 2.75) is 13.1 Å². The van der Waals surface area contributed by atoms with Crippen molar-refractivity contribution in [1.82, 2.24) is 14.7 Å². The van der Waals surface area contributed by atoms with Crippen LogP contribution in [-0.2, 0) is 17.9 Å². The number of carbonyl (C=O) groups is 1. The second-order valence-corrected chi connectivity index (χ2v) is 6.94. The predicted molar refractivity (Wildman–Crippen MR) is 107 cm³/mol. The average molecular weight is 410 g/mol. The third-order valence-corrected chi connectivity index (χ3v) is 4.70. The molecule has 0 aliphatic rings. The van der Waals surface area contributed by atoms with E-state index in [1.165, 1.54) is 5.56 Å². The van der Waals surface area contributed by atoms with Crippen LogP contribution in [0.15, 0.2) is 77.5 Å². The van der Waals surface area contributed by atoms with E-state index < -0.39 is 0 Å². The summed E-state index contributed by atoms with van der Waals surface area (Å²) in [5.74, 6) is -0.0448. The number of amides is 1. The molecule has 4 nitrogen and oxygen atoms in total. The van der Waals surface area contributed by atoms with Crippen molar-refractivity contribution in [3.8, 4) is 0 Å². The van der Waals surface area contributed by atoms with Gasteiger partial charge in [-0.15, -0.1) is 0 Å². The number of hydrogen-bond acceptors (Lipinski definition) is 2. The highest BCUT2D eigenvalue weighted by Gasteiger charge is 2.08. The van der Waals surface area contributed by atoms with Crippen molar-refractivity contribution >= 4 is 27.9 Å². The normalized spacial score (nSPS) is 11.0. The molecule has 0 radical (unpaired) electrons. The Morgan fingerprint density at radius 2 is 1.85 bits per heavy atom. The van der Waals surface area contributed by atoms with Gasteiger partial charge in [0.1, 0.15) is 0 Å². The molecule has 0 saturated heterocycles. The molecule has 1 aromatic heterocycles. The zero-order valence-electron chi connectivity index (χ0n) is 14.5. The summed E-state index contributed by atoms with van der Waals surface area (Å²) >= 11 is 3.48. The van der Waals surface area contributed by atoms with Gasteiger partial charge in [-0.1, -0.05) is 64.5 Å². The molecule has 0 unspecified atom stereocenters. The molecule has 1 amide bonds. The zero-order chi connectivity index (χ0) is 18.4. The van der Waals surface area contributed by atoms with Crippen LogP contribution in [0.5, 0.6) is 0 Å². The molecule has 0 N–H and O–H groups in total. The predicted octanol–water partition coefficient (Wildman–Crippen LogP) is 4.37. The maximum atomic E-state index is 12.3. The topological polar surface area (TPSA) is 38.1 Å². The van der Waals surface area contributed by atoms with E-state index in [2.05, 4.69) is 33.2 Å². The zero-order valence-corrected chi connectivity index (χ0v) is 16.1. The van der Waals surface area contributed by atoms with E-state index in [1.54, 1.807) is 18.0 Å². The molecular formula is C21H20BrN3O. The maximum absolute atomic E-state index is 12.3. The number of benzene rings is 2. The SMILES string of the molecule is CN(Cc1cnn(Cc2ccccc2)c1)C(=O)/C=C/c1ccccc1Br. The van der Waals surface area contributed by atoms with E-state index in [0.717, 1.165) is 22.1 Å². The van der Waals surface area contributed by atoms with Gasteiger partial charge in [-0.3, -0.25) is 9.48 Å². The molecule has 0 spiro atoms. The lowest BCUT2D eigenvalue weighted by Gasteiger charge is -2.13. The Bertz CT molecular complexity index is 902. The number of carbonyl (C=O) groups excluding carboxylic acids is 1.